The maximum Gasteiger partial charge on any atom is 0.340 e. The van der Waals surface area contributed by atoms with Crippen LogP contribution in [0.25, 0.3) is 0 Å². The first kappa shape index (κ1) is 20.6. The molecule has 6 nitrogen and oxygen atoms in total. The Hall–Kier alpha value is -3.11. The van der Waals surface area contributed by atoms with Crippen LogP contribution < -0.4 is 10.6 Å². The summed E-state index contributed by atoms with van der Waals surface area (Å²) in [5.41, 5.74) is 2.94. The van der Waals surface area contributed by atoms with E-state index in [-0.39, 0.29) is 0 Å². The molecule has 1 aromatic heterocycles. The molecule has 0 aliphatic heterocycles. The number of nitrogens with zero attached hydrogens (tertiary/aromatic N) is 1. The minimum atomic E-state index is -0.563. The van der Waals surface area contributed by atoms with Gasteiger partial charge in [-0.1, -0.05) is 23.8 Å². The first-order chi connectivity index (χ1) is 14.2. The minimum absolute atomic E-state index is 0.386. The lowest BCUT2D eigenvalue weighted by molar-refractivity contribution is -0.119. The molecule has 0 fully saturated rings. The summed E-state index contributed by atoms with van der Waals surface area (Å²) in [6.45, 7) is 0.328. The molecule has 29 heavy (non-hydrogen) atoms. The summed E-state index contributed by atoms with van der Waals surface area (Å²) in [6.07, 6.45) is 8.09. The maximum atomic E-state index is 12.5. The first-order valence-electron chi connectivity index (χ1n) is 9.62. The molecule has 1 aromatic carbocycles. The van der Waals surface area contributed by atoms with Gasteiger partial charge < -0.3 is 15.4 Å². The molecule has 150 valence electrons. The third-order valence-corrected chi connectivity index (χ3v) is 5.50. The third-order valence-electron chi connectivity index (χ3n) is 4.67. The molecule has 0 saturated carbocycles. The topological polar surface area (TPSA) is 91.2 Å². The summed E-state index contributed by atoms with van der Waals surface area (Å²) in [4.78, 5) is 24.5. The highest BCUT2D eigenvalue weighted by Crippen LogP contribution is 2.23. The molecule has 2 N–H and O–H groups in total. The summed E-state index contributed by atoms with van der Waals surface area (Å²) in [7, 11) is 0. The van der Waals surface area contributed by atoms with Crippen molar-refractivity contribution in [2.24, 2.45) is 0 Å². The van der Waals surface area contributed by atoms with E-state index in [1.54, 1.807) is 23.6 Å². The molecule has 0 radical (unpaired) electrons. The minimum Gasteiger partial charge on any atom is -0.452 e. The third kappa shape index (κ3) is 5.93. The van der Waals surface area contributed by atoms with Crippen molar-refractivity contribution in [2.75, 3.05) is 23.8 Å². The number of ether oxygens (including phenoxy) is 1. The summed E-state index contributed by atoms with van der Waals surface area (Å²) in [5.74, 6) is -1.04. The molecular weight excluding hydrogens is 386 g/mol. The number of benzene rings is 1. The van der Waals surface area contributed by atoms with Crippen molar-refractivity contribution in [3.8, 4) is 6.07 Å². The van der Waals surface area contributed by atoms with Crippen LogP contribution in [0.2, 0.25) is 0 Å². The zero-order valence-corrected chi connectivity index (χ0v) is 16.9. The second-order valence-electron chi connectivity index (χ2n) is 6.73. The Balaban J connectivity index is 1.52. The molecule has 0 atom stereocenters. The maximum absolute atomic E-state index is 12.5. The van der Waals surface area contributed by atoms with Gasteiger partial charge in [0.25, 0.3) is 5.91 Å². The predicted octanol–water partition coefficient (Wildman–Crippen LogP) is 4.72. The molecule has 1 aliphatic rings. The Labute approximate surface area is 174 Å². The van der Waals surface area contributed by atoms with E-state index in [9.17, 15) is 9.59 Å². The van der Waals surface area contributed by atoms with Crippen LogP contribution in [0.1, 0.15) is 48.0 Å². The fourth-order valence-electron chi connectivity index (χ4n) is 3.17. The van der Waals surface area contributed by atoms with E-state index >= 15 is 0 Å². The monoisotopic (exact) mass is 409 g/mol. The number of rotatable bonds is 8. The van der Waals surface area contributed by atoms with Gasteiger partial charge in [0, 0.05) is 12.2 Å². The molecule has 2 aromatic rings. The van der Waals surface area contributed by atoms with Gasteiger partial charge in [0.2, 0.25) is 0 Å². The van der Waals surface area contributed by atoms with Gasteiger partial charge in [-0.05, 0) is 55.7 Å². The fraction of sp³-hybridized carbons (Fsp3) is 0.318. The van der Waals surface area contributed by atoms with Crippen molar-refractivity contribution in [2.45, 2.75) is 32.1 Å². The number of carbonyl (C=O) groups excluding carboxylic acids is 2. The molecule has 1 aliphatic carbocycles. The van der Waals surface area contributed by atoms with E-state index in [0.717, 1.165) is 25.8 Å². The van der Waals surface area contributed by atoms with Gasteiger partial charge in [-0.15, -0.1) is 11.3 Å². The highest BCUT2D eigenvalue weighted by atomic mass is 32.1. The van der Waals surface area contributed by atoms with Crippen LogP contribution in [0, 0.1) is 11.3 Å². The molecular formula is C22H23N3O3S. The van der Waals surface area contributed by atoms with Gasteiger partial charge in [0.15, 0.2) is 6.61 Å². The van der Waals surface area contributed by atoms with Crippen LogP contribution in [-0.4, -0.2) is 25.0 Å². The number of amides is 1. The molecule has 0 spiro atoms. The molecule has 0 bridgehead atoms. The molecule has 1 amide bonds. The Morgan fingerprint density at radius 2 is 2.07 bits per heavy atom. The Morgan fingerprint density at radius 1 is 1.21 bits per heavy atom. The van der Waals surface area contributed by atoms with Gasteiger partial charge in [0.1, 0.15) is 11.1 Å². The fourth-order valence-corrected chi connectivity index (χ4v) is 3.92. The van der Waals surface area contributed by atoms with Crippen molar-refractivity contribution in [3.63, 3.8) is 0 Å². The Morgan fingerprint density at radius 3 is 2.86 bits per heavy atom. The number of carbonyl (C=O) groups is 2. The van der Waals surface area contributed by atoms with E-state index in [1.807, 2.05) is 18.2 Å². The lowest BCUT2D eigenvalue weighted by Crippen LogP contribution is -2.21. The van der Waals surface area contributed by atoms with E-state index in [0.29, 0.717) is 21.8 Å². The van der Waals surface area contributed by atoms with Crippen molar-refractivity contribution >= 4 is 33.9 Å². The van der Waals surface area contributed by atoms with Crippen molar-refractivity contribution in [1.82, 2.24) is 0 Å². The van der Waals surface area contributed by atoms with Crippen LogP contribution in [0.4, 0.5) is 10.7 Å². The van der Waals surface area contributed by atoms with Gasteiger partial charge >= 0.3 is 5.97 Å². The van der Waals surface area contributed by atoms with E-state index in [1.165, 1.54) is 29.8 Å². The number of para-hydroxylation sites is 1. The van der Waals surface area contributed by atoms with E-state index < -0.39 is 18.5 Å². The van der Waals surface area contributed by atoms with Crippen LogP contribution in [0.5, 0.6) is 0 Å². The average Bonchev–Trinajstić information content (AvgIpc) is 3.20. The number of hydrogen-bond acceptors (Lipinski definition) is 6. The van der Waals surface area contributed by atoms with Crippen molar-refractivity contribution in [3.05, 3.63) is 58.5 Å². The first-order valence-corrected chi connectivity index (χ1v) is 10.5. The van der Waals surface area contributed by atoms with Crippen LogP contribution >= 0.6 is 11.3 Å². The zero-order valence-electron chi connectivity index (χ0n) is 16.1. The zero-order chi connectivity index (χ0) is 20.5. The molecule has 1 heterocycles. The van der Waals surface area contributed by atoms with Gasteiger partial charge in [-0.3, -0.25) is 4.79 Å². The standard InChI is InChI=1S/C22H23N3O3S/c23-14-17-11-13-29-21(17)25-20(26)15-28-22(27)18-8-4-5-9-19(18)24-12-10-16-6-2-1-3-7-16/h4-6,8-9,11,13,24H,1-3,7,10,12,15H2,(H,25,26). The second-order valence-corrected chi connectivity index (χ2v) is 7.65. The van der Waals surface area contributed by atoms with Gasteiger partial charge in [-0.2, -0.15) is 5.26 Å². The molecule has 3 rings (SSSR count). The summed E-state index contributed by atoms with van der Waals surface area (Å²) >= 11 is 1.25. The number of nitriles is 1. The number of thiophene rings is 1. The average molecular weight is 410 g/mol. The molecule has 7 heteroatoms. The number of nitrogens with one attached hydrogen (secondary N) is 2. The smallest absolute Gasteiger partial charge is 0.340 e. The quantitative estimate of drug-likeness (QED) is 0.486. The lowest BCUT2D eigenvalue weighted by Gasteiger charge is -2.15. The normalized spacial score (nSPS) is 13.1. The van der Waals surface area contributed by atoms with E-state index in [2.05, 4.69) is 16.7 Å². The summed E-state index contributed by atoms with van der Waals surface area (Å²) in [6, 6.07) is 10.7. The summed E-state index contributed by atoms with van der Waals surface area (Å²) < 4.78 is 5.17. The largest absolute Gasteiger partial charge is 0.452 e. The van der Waals surface area contributed by atoms with Gasteiger partial charge in [-0.25, -0.2) is 4.79 Å². The van der Waals surface area contributed by atoms with Crippen LogP contribution in [0.15, 0.2) is 47.4 Å². The van der Waals surface area contributed by atoms with Gasteiger partial charge in [0.05, 0.1) is 11.1 Å². The van der Waals surface area contributed by atoms with Crippen LogP contribution in [0.3, 0.4) is 0 Å². The number of hydrogen-bond donors (Lipinski definition) is 2. The second kappa shape index (κ2) is 10.4. The predicted molar refractivity (Wildman–Crippen MR) is 114 cm³/mol. The number of allylic oxidation sites excluding steroid dienone is 1. The summed E-state index contributed by atoms with van der Waals surface area (Å²) in [5, 5.41) is 17.0. The van der Waals surface area contributed by atoms with E-state index in [4.69, 9.17) is 10.00 Å². The Kier molecular flexibility index (Phi) is 7.42. The number of esters is 1. The van der Waals surface area contributed by atoms with Crippen molar-refractivity contribution < 1.29 is 14.3 Å². The molecule has 0 unspecified atom stereocenters. The van der Waals surface area contributed by atoms with Crippen LogP contribution in [-0.2, 0) is 9.53 Å². The highest BCUT2D eigenvalue weighted by molar-refractivity contribution is 7.14. The lowest BCUT2D eigenvalue weighted by atomic mass is 9.97. The number of anilines is 2. The Bertz CT molecular complexity index is 943. The highest BCUT2D eigenvalue weighted by Gasteiger charge is 2.15. The van der Waals surface area contributed by atoms with Crippen molar-refractivity contribution in [1.29, 1.82) is 5.26 Å². The molecule has 0 saturated heterocycles. The SMILES string of the molecule is N#Cc1ccsc1NC(=O)COC(=O)c1ccccc1NCCC1=CCCCC1.